The molecular formula is C18H19N3O3. The number of H-pyrrole nitrogens is 1. The number of hydrogen-bond acceptors (Lipinski definition) is 3. The lowest BCUT2D eigenvalue weighted by atomic mass is 9.98. The molecular weight excluding hydrogens is 306 g/mol. The van der Waals surface area contributed by atoms with Crippen molar-refractivity contribution >= 4 is 28.6 Å². The quantitative estimate of drug-likeness (QED) is 0.672. The summed E-state index contributed by atoms with van der Waals surface area (Å²) in [4.78, 5) is 42.0. The number of rotatable bonds is 3. The van der Waals surface area contributed by atoms with Gasteiger partial charge < -0.3 is 10.3 Å². The van der Waals surface area contributed by atoms with Gasteiger partial charge in [-0.25, -0.2) is 4.79 Å². The summed E-state index contributed by atoms with van der Waals surface area (Å²) in [5.41, 5.74) is 1.41. The lowest BCUT2D eigenvalue weighted by Gasteiger charge is -2.19. The SMILES string of the molecule is Cc1[nH]c2ccccc2c1C(=O)CN1C(=O)NC2(CCCC2)C1=O. The maximum Gasteiger partial charge on any atom is 0.325 e. The molecule has 0 radical (unpaired) electrons. The van der Waals surface area contributed by atoms with Gasteiger partial charge in [0.15, 0.2) is 5.78 Å². The van der Waals surface area contributed by atoms with Crippen LogP contribution in [0.15, 0.2) is 24.3 Å². The molecule has 0 bridgehead atoms. The van der Waals surface area contributed by atoms with Crippen LogP contribution in [0.5, 0.6) is 0 Å². The van der Waals surface area contributed by atoms with Crippen LogP contribution in [-0.2, 0) is 4.79 Å². The van der Waals surface area contributed by atoms with Gasteiger partial charge >= 0.3 is 6.03 Å². The molecule has 4 rings (SSSR count). The van der Waals surface area contributed by atoms with E-state index in [1.54, 1.807) is 0 Å². The number of amides is 3. The summed E-state index contributed by atoms with van der Waals surface area (Å²) < 4.78 is 0. The minimum Gasteiger partial charge on any atom is -0.358 e. The molecule has 1 aliphatic carbocycles. The van der Waals surface area contributed by atoms with E-state index < -0.39 is 11.6 Å². The van der Waals surface area contributed by atoms with Gasteiger partial charge in [0.05, 0.1) is 6.54 Å². The van der Waals surface area contributed by atoms with Gasteiger partial charge in [0, 0.05) is 22.2 Å². The van der Waals surface area contributed by atoms with E-state index in [-0.39, 0.29) is 18.2 Å². The fourth-order valence-electron chi connectivity index (χ4n) is 4.00. The summed E-state index contributed by atoms with van der Waals surface area (Å²) in [6, 6.07) is 7.09. The third-order valence-electron chi connectivity index (χ3n) is 5.18. The monoisotopic (exact) mass is 325 g/mol. The van der Waals surface area contributed by atoms with Gasteiger partial charge in [-0.1, -0.05) is 31.0 Å². The lowest BCUT2D eigenvalue weighted by molar-refractivity contribution is -0.130. The zero-order valence-corrected chi connectivity index (χ0v) is 13.5. The number of ketones is 1. The van der Waals surface area contributed by atoms with Crippen LogP contribution in [0.3, 0.4) is 0 Å². The number of carbonyl (C=O) groups excluding carboxylic acids is 3. The van der Waals surface area contributed by atoms with Gasteiger partial charge in [0.1, 0.15) is 5.54 Å². The number of aromatic nitrogens is 1. The van der Waals surface area contributed by atoms with Crippen LogP contribution in [0.2, 0.25) is 0 Å². The zero-order chi connectivity index (χ0) is 16.9. The number of carbonyl (C=O) groups is 3. The smallest absolute Gasteiger partial charge is 0.325 e. The Hall–Kier alpha value is -2.63. The predicted molar refractivity (Wildman–Crippen MR) is 88.8 cm³/mol. The van der Waals surface area contributed by atoms with Crippen molar-refractivity contribution in [1.82, 2.24) is 15.2 Å². The molecule has 6 nitrogen and oxygen atoms in total. The van der Waals surface area contributed by atoms with Crippen molar-refractivity contribution in [3.05, 3.63) is 35.5 Å². The molecule has 1 spiro atoms. The summed E-state index contributed by atoms with van der Waals surface area (Å²) in [7, 11) is 0. The average molecular weight is 325 g/mol. The van der Waals surface area contributed by atoms with Gasteiger partial charge in [-0.15, -0.1) is 0 Å². The average Bonchev–Trinajstić information content (AvgIpc) is 3.20. The van der Waals surface area contributed by atoms with E-state index in [2.05, 4.69) is 10.3 Å². The van der Waals surface area contributed by atoms with Crippen molar-refractivity contribution < 1.29 is 14.4 Å². The fraction of sp³-hybridized carbons (Fsp3) is 0.389. The highest BCUT2D eigenvalue weighted by Crippen LogP contribution is 2.35. The van der Waals surface area contributed by atoms with Gasteiger partial charge in [0.25, 0.3) is 5.91 Å². The highest BCUT2D eigenvalue weighted by molar-refractivity contribution is 6.15. The molecule has 2 aliphatic rings. The van der Waals surface area contributed by atoms with Crippen LogP contribution in [0.1, 0.15) is 41.7 Å². The molecule has 6 heteroatoms. The number of nitrogens with zero attached hydrogens (tertiary/aromatic N) is 1. The number of aryl methyl sites for hydroxylation is 1. The first-order valence-corrected chi connectivity index (χ1v) is 8.26. The molecule has 2 aromatic rings. The second kappa shape index (κ2) is 5.19. The third-order valence-corrected chi connectivity index (χ3v) is 5.18. The molecule has 0 atom stereocenters. The van der Waals surface area contributed by atoms with Crippen LogP contribution in [0, 0.1) is 6.92 Å². The van der Waals surface area contributed by atoms with E-state index >= 15 is 0 Å². The Balaban J connectivity index is 1.63. The lowest BCUT2D eigenvalue weighted by Crippen LogP contribution is -2.44. The number of nitrogens with one attached hydrogen (secondary N) is 2. The first-order chi connectivity index (χ1) is 11.5. The second-order valence-electron chi connectivity index (χ2n) is 6.70. The minimum atomic E-state index is -0.771. The Labute approximate surface area is 139 Å². The Bertz CT molecular complexity index is 862. The number of aromatic amines is 1. The summed E-state index contributed by atoms with van der Waals surface area (Å²) in [6.07, 6.45) is 3.17. The van der Waals surface area contributed by atoms with Gasteiger partial charge in [-0.3, -0.25) is 14.5 Å². The standard InChI is InChI=1S/C18H19N3O3/c1-11-15(12-6-2-3-7-13(12)19-11)14(22)10-21-16(23)18(20-17(21)24)8-4-5-9-18/h2-3,6-7,19H,4-5,8-10H2,1H3,(H,20,24). The van der Waals surface area contributed by atoms with Crippen molar-refractivity contribution in [1.29, 1.82) is 0 Å². The molecule has 2 heterocycles. The molecule has 0 unspecified atom stereocenters. The summed E-state index contributed by atoms with van der Waals surface area (Å²) in [6.45, 7) is 1.62. The topological polar surface area (TPSA) is 82.3 Å². The summed E-state index contributed by atoms with van der Waals surface area (Å²) in [5, 5.41) is 3.63. The predicted octanol–water partition coefficient (Wildman–Crippen LogP) is 2.52. The minimum absolute atomic E-state index is 0.213. The Morgan fingerprint density at radius 3 is 2.67 bits per heavy atom. The van der Waals surface area contributed by atoms with Crippen LogP contribution in [0.25, 0.3) is 10.9 Å². The molecule has 3 amide bonds. The summed E-state index contributed by atoms with van der Waals surface area (Å²) >= 11 is 0. The Morgan fingerprint density at radius 2 is 1.92 bits per heavy atom. The number of hydrogen-bond donors (Lipinski definition) is 2. The number of imide groups is 1. The van der Waals surface area contributed by atoms with Crippen molar-refractivity contribution in [2.75, 3.05) is 6.54 Å². The van der Waals surface area contributed by atoms with E-state index in [1.807, 2.05) is 31.2 Å². The zero-order valence-electron chi connectivity index (χ0n) is 13.5. The van der Waals surface area contributed by atoms with E-state index in [9.17, 15) is 14.4 Å². The molecule has 1 aromatic heterocycles. The van der Waals surface area contributed by atoms with Gasteiger partial charge in [-0.05, 0) is 25.8 Å². The molecule has 1 aliphatic heterocycles. The van der Waals surface area contributed by atoms with E-state index in [4.69, 9.17) is 0 Å². The molecule has 2 fully saturated rings. The Morgan fingerprint density at radius 1 is 1.21 bits per heavy atom. The number of para-hydroxylation sites is 1. The van der Waals surface area contributed by atoms with E-state index in [1.165, 1.54) is 0 Å². The number of benzene rings is 1. The molecule has 1 aromatic carbocycles. The highest BCUT2D eigenvalue weighted by atomic mass is 16.2. The van der Waals surface area contributed by atoms with Crippen LogP contribution < -0.4 is 5.32 Å². The summed E-state index contributed by atoms with van der Waals surface area (Å²) in [5.74, 6) is -0.473. The van der Waals surface area contributed by atoms with Crippen LogP contribution in [0.4, 0.5) is 4.79 Å². The first kappa shape index (κ1) is 14.9. The fourth-order valence-corrected chi connectivity index (χ4v) is 4.00. The number of fused-ring (bicyclic) bond motifs is 1. The van der Waals surface area contributed by atoms with Crippen molar-refractivity contribution in [2.24, 2.45) is 0 Å². The number of Topliss-reactive ketones (excluding diaryl/α,β-unsaturated/α-hetero) is 1. The molecule has 1 saturated carbocycles. The van der Waals surface area contributed by atoms with Crippen molar-refractivity contribution in [3.8, 4) is 0 Å². The van der Waals surface area contributed by atoms with Crippen molar-refractivity contribution in [2.45, 2.75) is 38.1 Å². The second-order valence-corrected chi connectivity index (χ2v) is 6.70. The van der Waals surface area contributed by atoms with Crippen LogP contribution in [-0.4, -0.2) is 39.7 Å². The van der Waals surface area contributed by atoms with Gasteiger partial charge in [0.2, 0.25) is 0 Å². The molecule has 124 valence electrons. The largest absolute Gasteiger partial charge is 0.358 e. The van der Waals surface area contributed by atoms with E-state index in [0.29, 0.717) is 18.4 Å². The molecule has 1 saturated heterocycles. The van der Waals surface area contributed by atoms with E-state index in [0.717, 1.165) is 34.3 Å². The maximum atomic E-state index is 12.8. The third kappa shape index (κ3) is 2.06. The normalized spacial score (nSPS) is 19.5. The van der Waals surface area contributed by atoms with Crippen LogP contribution >= 0.6 is 0 Å². The van der Waals surface area contributed by atoms with Gasteiger partial charge in [-0.2, -0.15) is 0 Å². The maximum absolute atomic E-state index is 12.8. The highest BCUT2D eigenvalue weighted by Gasteiger charge is 2.52. The van der Waals surface area contributed by atoms with Crippen molar-refractivity contribution in [3.63, 3.8) is 0 Å². The Kier molecular flexibility index (Phi) is 3.23. The first-order valence-electron chi connectivity index (χ1n) is 8.26. The number of urea groups is 1. The molecule has 24 heavy (non-hydrogen) atoms. The molecule has 2 N–H and O–H groups in total.